The van der Waals surface area contributed by atoms with Gasteiger partial charge < -0.3 is 20.2 Å². The Morgan fingerprint density at radius 2 is 1.45 bits per heavy atom. The smallest absolute Gasteiger partial charge is 0.389 e. The zero-order chi connectivity index (χ0) is 21.8. The van der Waals surface area contributed by atoms with E-state index in [4.69, 9.17) is 9.79 Å². The van der Waals surface area contributed by atoms with E-state index in [1.54, 1.807) is 0 Å². The molecule has 0 bridgehead atoms. The van der Waals surface area contributed by atoms with Gasteiger partial charge in [-0.2, -0.15) is 0 Å². The van der Waals surface area contributed by atoms with Crippen LogP contribution in [0.3, 0.4) is 0 Å². The second kappa shape index (κ2) is 19.3. The van der Waals surface area contributed by atoms with E-state index in [1.165, 1.54) is 64.2 Å². The van der Waals surface area contributed by atoms with Crippen LogP contribution in [0, 0.1) is 0 Å². The van der Waals surface area contributed by atoms with E-state index in [9.17, 15) is 14.5 Å². The van der Waals surface area contributed by atoms with Gasteiger partial charge in [0.15, 0.2) is 0 Å². The fourth-order valence-corrected chi connectivity index (χ4v) is 3.28. The lowest BCUT2D eigenvalue weighted by atomic mass is 10.1. The van der Waals surface area contributed by atoms with Crippen molar-refractivity contribution in [2.24, 2.45) is 0 Å². The number of hydrogen-bond acceptors (Lipinski definition) is 4. The topological polar surface area (TPSA) is 116 Å². The quantitative estimate of drug-likeness (QED) is 0.126. The Morgan fingerprint density at radius 3 is 2.00 bits per heavy atom. The van der Waals surface area contributed by atoms with Gasteiger partial charge in [0.2, 0.25) is 5.91 Å². The third-order valence-electron chi connectivity index (χ3n) is 4.64. The van der Waals surface area contributed by atoms with Crippen LogP contribution in [0.15, 0.2) is 12.2 Å². The molecule has 0 rings (SSSR count). The summed E-state index contributed by atoms with van der Waals surface area (Å²) in [5.41, 5.74) is 0. The number of aliphatic hydroxyl groups excluding tert-OH is 1. The lowest BCUT2D eigenvalue weighted by molar-refractivity contribution is -0.121. The van der Waals surface area contributed by atoms with E-state index in [1.807, 2.05) is 0 Å². The van der Waals surface area contributed by atoms with E-state index < -0.39 is 20.5 Å². The fourth-order valence-electron chi connectivity index (χ4n) is 2.92. The summed E-state index contributed by atoms with van der Waals surface area (Å²) in [4.78, 5) is 28.7. The highest BCUT2D eigenvalue weighted by Crippen LogP contribution is 2.35. The monoisotopic (exact) mass is 435 g/mol. The maximum atomic E-state index is 11.7. The molecule has 0 aromatic heterocycles. The molecule has 0 aliphatic carbocycles. The molecule has 172 valence electrons. The Bertz CT molecular complexity index is 466. The molecule has 0 heterocycles. The Labute approximate surface area is 176 Å². The minimum Gasteiger partial charge on any atom is -0.389 e. The highest BCUT2D eigenvalue weighted by Gasteiger charge is 2.17. The number of carbonyl (C=O) groups excluding carboxylic acids is 1. The third kappa shape index (κ3) is 23.4. The molecule has 1 unspecified atom stereocenters. The molecular weight excluding hydrogens is 393 g/mol. The van der Waals surface area contributed by atoms with Crippen LogP contribution in [-0.2, 0) is 13.9 Å². The van der Waals surface area contributed by atoms with Gasteiger partial charge in [-0.1, -0.05) is 70.4 Å². The van der Waals surface area contributed by atoms with Crippen molar-refractivity contribution >= 4 is 13.7 Å². The Morgan fingerprint density at radius 1 is 0.931 bits per heavy atom. The van der Waals surface area contributed by atoms with Gasteiger partial charge >= 0.3 is 7.82 Å². The number of phosphoric acid groups is 1. The molecule has 0 fully saturated rings. The summed E-state index contributed by atoms with van der Waals surface area (Å²) >= 11 is 0. The Hall–Kier alpha value is -0.720. The van der Waals surface area contributed by atoms with Gasteiger partial charge in [-0.3, -0.25) is 9.32 Å². The molecule has 0 aromatic carbocycles. The second-order valence-corrected chi connectivity index (χ2v) is 8.82. The number of amides is 1. The number of rotatable bonds is 20. The van der Waals surface area contributed by atoms with Crippen molar-refractivity contribution in [2.75, 3.05) is 13.2 Å². The Kier molecular flexibility index (Phi) is 18.8. The first-order valence-corrected chi connectivity index (χ1v) is 12.7. The Balaban J connectivity index is 3.35. The van der Waals surface area contributed by atoms with Gasteiger partial charge in [-0.25, -0.2) is 4.57 Å². The molecule has 0 aromatic rings. The minimum absolute atomic E-state index is 0.0766. The number of phosphoric ester groups is 1. The molecule has 29 heavy (non-hydrogen) atoms. The van der Waals surface area contributed by atoms with Crippen LogP contribution in [-0.4, -0.2) is 40.1 Å². The highest BCUT2D eigenvalue weighted by atomic mass is 31.2. The summed E-state index contributed by atoms with van der Waals surface area (Å²) < 4.78 is 14.7. The van der Waals surface area contributed by atoms with Crippen molar-refractivity contribution < 1.29 is 28.8 Å². The third-order valence-corrected chi connectivity index (χ3v) is 5.12. The van der Waals surface area contributed by atoms with E-state index >= 15 is 0 Å². The summed E-state index contributed by atoms with van der Waals surface area (Å²) in [5, 5.41) is 12.0. The van der Waals surface area contributed by atoms with Crippen molar-refractivity contribution in [2.45, 2.75) is 103 Å². The van der Waals surface area contributed by atoms with Crippen LogP contribution in [0.2, 0.25) is 0 Å². The van der Waals surface area contributed by atoms with Crippen LogP contribution < -0.4 is 5.32 Å². The van der Waals surface area contributed by atoms with Gasteiger partial charge in [0.25, 0.3) is 0 Å². The number of carbonyl (C=O) groups is 1. The summed E-state index contributed by atoms with van der Waals surface area (Å²) in [6.07, 6.45) is 19.5. The van der Waals surface area contributed by atoms with E-state index in [-0.39, 0.29) is 12.5 Å². The predicted octanol–water partition coefficient (Wildman–Crippen LogP) is 4.61. The van der Waals surface area contributed by atoms with Crippen LogP contribution in [0.5, 0.6) is 0 Å². The van der Waals surface area contributed by atoms with Crippen molar-refractivity contribution in [1.82, 2.24) is 5.32 Å². The van der Waals surface area contributed by atoms with Crippen molar-refractivity contribution in [3.8, 4) is 0 Å². The average molecular weight is 436 g/mol. The highest BCUT2D eigenvalue weighted by molar-refractivity contribution is 7.46. The maximum absolute atomic E-state index is 11.7. The molecule has 1 amide bonds. The molecule has 8 heteroatoms. The SMILES string of the molecule is CCCCCC=CCCCCCCCCCCC(=O)NCC(O)COP(=O)(O)O. The summed E-state index contributed by atoms with van der Waals surface area (Å²) in [7, 11) is -4.59. The second-order valence-electron chi connectivity index (χ2n) is 7.58. The number of nitrogens with one attached hydrogen (secondary N) is 1. The van der Waals surface area contributed by atoms with E-state index in [0.717, 1.165) is 19.3 Å². The summed E-state index contributed by atoms with van der Waals surface area (Å²) in [5.74, 6) is -0.164. The van der Waals surface area contributed by atoms with Gasteiger partial charge in [0.1, 0.15) is 0 Å². The van der Waals surface area contributed by atoms with Gasteiger partial charge in [-0.05, 0) is 32.1 Å². The average Bonchev–Trinajstić information content (AvgIpc) is 2.67. The van der Waals surface area contributed by atoms with Crippen molar-refractivity contribution in [1.29, 1.82) is 0 Å². The number of unbranched alkanes of at least 4 members (excludes halogenated alkanes) is 11. The molecule has 0 aliphatic heterocycles. The number of hydrogen-bond donors (Lipinski definition) is 4. The zero-order valence-corrected chi connectivity index (χ0v) is 19.0. The molecule has 4 N–H and O–H groups in total. The molecule has 0 spiro atoms. The van der Waals surface area contributed by atoms with Gasteiger partial charge in [0.05, 0.1) is 12.7 Å². The zero-order valence-electron chi connectivity index (χ0n) is 18.1. The van der Waals surface area contributed by atoms with Crippen LogP contribution >= 0.6 is 7.82 Å². The van der Waals surface area contributed by atoms with Crippen LogP contribution in [0.4, 0.5) is 0 Å². The minimum atomic E-state index is -4.59. The lowest BCUT2D eigenvalue weighted by Gasteiger charge is -2.12. The largest absolute Gasteiger partial charge is 0.469 e. The van der Waals surface area contributed by atoms with Gasteiger partial charge in [0, 0.05) is 13.0 Å². The molecule has 0 saturated carbocycles. The van der Waals surface area contributed by atoms with E-state index in [2.05, 4.69) is 28.9 Å². The van der Waals surface area contributed by atoms with Crippen LogP contribution in [0.25, 0.3) is 0 Å². The first-order valence-electron chi connectivity index (χ1n) is 11.1. The molecular formula is C21H42NO6P. The van der Waals surface area contributed by atoms with Crippen LogP contribution in [0.1, 0.15) is 96.8 Å². The molecule has 7 nitrogen and oxygen atoms in total. The standard InChI is InChI=1S/C21H42NO6P/c1-2-3-4-5-6-7-8-9-10-11-12-13-14-15-16-17-21(24)22-18-20(23)19-28-29(25,26)27/h6-7,20,23H,2-5,8-19H2,1H3,(H,22,24)(H2,25,26,27). The summed E-state index contributed by atoms with van der Waals surface area (Å²) in [6, 6.07) is 0. The number of aliphatic hydroxyl groups is 1. The van der Waals surface area contributed by atoms with Gasteiger partial charge in [-0.15, -0.1) is 0 Å². The number of allylic oxidation sites excluding steroid dienone is 2. The molecule has 0 saturated heterocycles. The maximum Gasteiger partial charge on any atom is 0.469 e. The lowest BCUT2D eigenvalue weighted by Crippen LogP contribution is -2.34. The fraction of sp³-hybridized carbons (Fsp3) is 0.857. The first-order chi connectivity index (χ1) is 13.8. The predicted molar refractivity (Wildman–Crippen MR) is 116 cm³/mol. The summed E-state index contributed by atoms with van der Waals surface area (Å²) in [6.45, 7) is 1.64. The normalized spacial score (nSPS) is 13.1. The molecule has 1 atom stereocenters. The van der Waals surface area contributed by atoms with E-state index in [0.29, 0.717) is 6.42 Å². The molecule has 0 radical (unpaired) electrons. The molecule has 0 aliphatic rings. The van der Waals surface area contributed by atoms with Crippen molar-refractivity contribution in [3.05, 3.63) is 12.2 Å². The first kappa shape index (κ1) is 28.3. The van der Waals surface area contributed by atoms with Crippen molar-refractivity contribution in [3.63, 3.8) is 0 Å².